The molecule has 1 aromatic rings. The number of halogens is 1. The zero-order valence-corrected chi connectivity index (χ0v) is 6.88. The van der Waals surface area contributed by atoms with Gasteiger partial charge in [0.15, 0.2) is 0 Å². The molecule has 0 fully saturated rings. The first-order chi connectivity index (χ1) is 5.33. The Hall–Kier alpha value is -1.01. The third-order valence-electron chi connectivity index (χ3n) is 1.30. The number of rotatable bonds is 2. The molecule has 0 saturated carbocycles. The molecule has 0 saturated heterocycles. The van der Waals surface area contributed by atoms with E-state index in [0.29, 0.717) is 5.03 Å². The number of benzene rings is 1. The largest absolute Gasteiger partial charge is 0.0976 e. The van der Waals surface area contributed by atoms with Crippen LogP contribution in [0.4, 0.5) is 0 Å². The average Bonchev–Trinajstić information content (AvgIpc) is 2.06. The Kier molecular flexibility index (Phi) is 2.94. The van der Waals surface area contributed by atoms with Crippen molar-refractivity contribution in [3.8, 4) is 0 Å². The van der Waals surface area contributed by atoms with Crippen LogP contribution in [0.5, 0.6) is 0 Å². The number of hydrogen-bond donors (Lipinski definition) is 0. The van der Waals surface area contributed by atoms with E-state index in [4.69, 9.17) is 11.6 Å². The van der Waals surface area contributed by atoms with Crippen LogP contribution < -0.4 is 0 Å². The fourth-order valence-corrected chi connectivity index (χ4v) is 0.893. The molecule has 0 unspecified atom stereocenters. The normalized spacial score (nSPS) is 11.2. The number of allylic oxidation sites excluding steroid dienone is 2. The SMILES string of the molecule is C=CC(Cl)=Cc1ccccc1. The Morgan fingerprint density at radius 3 is 2.45 bits per heavy atom. The molecular weight excluding hydrogens is 156 g/mol. The van der Waals surface area contributed by atoms with E-state index in [-0.39, 0.29) is 0 Å². The molecule has 0 spiro atoms. The van der Waals surface area contributed by atoms with Gasteiger partial charge >= 0.3 is 0 Å². The minimum absolute atomic E-state index is 0.663. The first-order valence-electron chi connectivity index (χ1n) is 3.37. The quantitative estimate of drug-likeness (QED) is 0.588. The third kappa shape index (κ3) is 2.60. The van der Waals surface area contributed by atoms with Crippen molar-refractivity contribution in [3.05, 3.63) is 53.6 Å². The molecule has 0 atom stereocenters. The predicted octanol–water partition coefficient (Wildman–Crippen LogP) is 3.45. The minimum atomic E-state index is 0.663. The summed E-state index contributed by atoms with van der Waals surface area (Å²) in [5.74, 6) is 0. The van der Waals surface area contributed by atoms with Crippen molar-refractivity contribution < 1.29 is 0 Å². The van der Waals surface area contributed by atoms with E-state index in [1.807, 2.05) is 36.4 Å². The summed E-state index contributed by atoms with van der Waals surface area (Å²) in [5, 5.41) is 0.663. The lowest BCUT2D eigenvalue weighted by Gasteiger charge is -1.91. The molecule has 0 aliphatic heterocycles. The molecule has 0 amide bonds. The van der Waals surface area contributed by atoms with Crippen LogP contribution in [0.1, 0.15) is 5.56 Å². The summed E-state index contributed by atoms with van der Waals surface area (Å²) in [6, 6.07) is 9.90. The highest BCUT2D eigenvalue weighted by atomic mass is 35.5. The van der Waals surface area contributed by atoms with Crippen molar-refractivity contribution in [2.24, 2.45) is 0 Å². The summed E-state index contributed by atoms with van der Waals surface area (Å²) in [7, 11) is 0. The molecule has 56 valence electrons. The molecule has 0 bridgehead atoms. The van der Waals surface area contributed by atoms with Crippen molar-refractivity contribution in [1.29, 1.82) is 0 Å². The van der Waals surface area contributed by atoms with Crippen molar-refractivity contribution in [1.82, 2.24) is 0 Å². The summed E-state index contributed by atoms with van der Waals surface area (Å²) in [4.78, 5) is 0. The van der Waals surface area contributed by atoms with Crippen molar-refractivity contribution in [3.63, 3.8) is 0 Å². The second-order valence-corrected chi connectivity index (χ2v) is 2.58. The topological polar surface area (TPSA) is 0 Å². The maximum Gasteiger partial charge on any atom is 0.0406 e. The standard InChI is InChI=1S/C10H9Cl/c1-2-10(11)8-9-6-4-3-5-7-9/h2-8H,1H2. The zero-order chi connectivity index (χ0) is 8.10. The summed E-state index contributed by atoms with van der Waals surface area (Å²) >= 11 is 5.74. The monoisotopic (exact) mass is 164 g/mol. The van der Waals surface area contributed by atoms with Crippen LogP contribution in [0.25, 0.3) is 6.08 Å². The fourth-order valence-electron chi connectivity index (χ4n) is 0.767. The van der Waals surface area contributed by atoms with Gasteiger partial charge in [-0.3, -0.25) is 0 Å². The second kappa shape index (κ2) is 3.99. The minimum Gasteiger partial charge on any atom is -0.0976 e. The lowest BCUT2D eigenvalue weighted by molar-refractivity contribution is 1.66. The average molecular weight is 165 g/mol. The van der Waals surface area contributed by atoms with Gasteiger partial charge in [-0.25, -0.2) is 0 Å². The molecule has 0 aliphatic carbocycles. The van der Waals surface area contributed by atoms with E-state index in [1.165, 1.54) is 0 Å². The Labute approximate surface area is 71.8 Å². The van der Waals surface area contributed by atoms with Crippen LogP contribution in [-0.4, -0.2) is 0 Å². The molecule has 0 N–H and O–H groups in total. The van der Waals surface area contributed by atoms with Gasteiger partial charge < -0.3 is 0 Å². The van der Waals surface area contributed by atoms with Gasteiger partial charge in [0.25, 0.3) is 0 Å². The highest BCUT2D eigenvalue weighted by Crippen LogP contribution is 2.09. The molecule has 1 rings (SSSR count). The molecular formula is C10H9Cl. The van der Waals surface area contributed by atoms with Crippen LogP contribution in [0, 0.1) is 0 Å². The Bertz CT molecular complexity index is 259. The van der Waals surface area contributed by atoms with Crippen molar-refractivity contribution in [2.75, 3.05) is 0 Å². The highest BCUT2D eigenvalue weighted by Gasteiger charge is 1.85. The Morgan fingerprint density at radius 2 is 1.91 bits per heavy atom. The van der Waals surface area contributed by atoms with Gasteiger partial charge in [0, 0.05) is 5.03 Å². The van der Waals surface area contributed by atoms with E-state index in [1.54, 1.807) is 6.08 Å². The maximum absolute atomic E-state index is 5.74. The molecule has 11 heavy (non-hydrogen) atoms. The summed E-state index contributed by atoms with van der Waals surface area (Å²) in [6.07, 6.45) is 3.49. The smallest absolute Gasteiger partial charge is 0.0406 e. The van der Waals surface area contributed by atoms with Gasteiger partial charge in [-0.15, -0.1) is 0 Å². The van der Waals surface area contributed by atoms with Crippen LogP contribution >= 0.6 is 11.6 Å². The van der Waals surface area contributed by atoms with E-state index < -0.39 is 0 Å². The first-order valence-corrected chi connectivity index (χ1v) is 3.75. The molecule has 0 aromatic heterocycles. The molecule has 0 heterocycles. The molecule has 0 aliphatic rings. The van der Waals surface area contributed by atoms with Crippen LogP contribution in [0.2, 0.25) is 0 Å². The first kappa shape index (κ1) is 8.09. The Balaban J connectivity index is 2.87. The maximum atomic E-state index is 5.74. The third-order valence-corrected chi connectivity index (χ3v) is 1.56. The van der Waals surface area contributed by atoms with Crippen LogP contribution in [-0.2, 0) is 0 Å². The zero-order valence-electron chi connectivity index (χ0n) is 6.13. The van der Waals surface area contributed by atoms with Crippen molar-refractivity contribution >= 4 is 17.7 Å². The van der Waals surface area contributed by atoms with Crippen molar-refractivity contribution in [2.45, 2.75) is 0 Å². The van der Waals surface area contributed by atoms with E-state index in [9.17, 15) is 0 Å². The van der Waals surface area contributed by atoms with E-state index in [0.717, 1.165) is 5.56 Å². The van der Waals surface area contributed by atoms with Gasteiger partial charge in [0.1, 0.15) is 0 Å². The highest BCUT2D eigenvalue weighted by molar-refractivity contribution is 6.33. The van der Waals surface area contributed by atoms with E-state index >= 15 is 0 Å². The predicted molar refractivity (Wildman–Crippen MR) is 50.5 cm³/mol. The number of hydrogen-bond acceptors (Lipinski definition) is 0. The molecule has 0 radical (unpaired) electrons. The Morgan fingerprint density at radius 1 is 1.27 bits per heavy atom. The molecule has 1 aromatic carbocycles. The lowest BCUT2D eigenvalue weighted by atomic mass is 10.2. The van der Waals surface area contributed by atoms with Gasteiger partial charge in [-0.1, -0.05) is 54.6 Å². The molecule has 0 nitrogen and oxygen atoms in total. The lowest BCUT2D eigenvalue weighted by Crippen LogP contribution is -1.69. The summed E-state index contributed by atoms with van der Waals surface area (Å²) in [6.45, 7) is 3.56. The van der Waals surface area contributed by atoms with Crippen LogP contribution in [0.15, 0.2) is 48.0 Å². The summed E-state index contributed by atoms with van der Waals surface area (Å²) < 4.78 is 0. The van der Waals surface area contributed by atoms with Crippen LogP contribution in [0.3, 0.4) is 0 Å². The van der Waals surface area contributed by atoms with Gasteiger partial charge in [-0.2, -0.15) is 0 Å². The fraction of sp³-hybridized carbons (Fsp3) is 0. The second-order valence-electron chi connectivity index (χ2n) is 2.14. The molecule has 1 heteroatoms. The van der Waals surface area contributed by atoms with E-state index in [2.05, 4.69) is 6.58 Å². The summed E-state index contributed by atoms with van der Waals surface area (Å²) in [5.41, 5.74) is 1.09. The van der Waals surface area contributed by atoms with Gasteiger partial charge in [0.05, 0.1) is 0 Å². The van der Waals surface area contributed by atoms with Gasteiger partial charge in [0.2, 0.25) is 0 Å². The van der Waals surface area contributed by atoms with Gasteiger partial charge in [-0.05, 0) is 11.6 Å².